The average Bonchev–Trinajstić information content (AvgIpc) is 3.12. The highest BCUT2D eigenvalue weighted by Gasteiger charge is 2.46. The van der Waals surface area contributed by atoms with Crippen LogP contribution in [0.3, 0.4) is 0 Å². The maximum atomic E-state index is 12.1. The van der Waals surface area contributed by atoms with Gasteiger partial charge in [0, 0.05) is 19.2 Å². The van der Waals surface area contributed by atoms with Crippen molar-refractivity contribution in [2.75, 3.05) is 0 Å². The van der Waals surface area contributed by atoms with Gasteiger partial charge >= 0.3 is 5.69 Å². The molecule has 24 heavy (non-hydrogen) atoms. The van der Waals surface area contributed by atoms with Gasteiger partial charge in [-0.25, -0.2) is 9.48 Å². The molecule has 0 aromatic carbocycles. The van der Waals surface area contributed by atoms with Crippen molar-refractivity contribution in [1.82, 2.24) is 24.5 Å². The minimum absolute atomic E-state index is 0.148. The first kappa shape index (κ1) is 16.3. The van der Waals surface area contributed by atoms with Crippen molar-refractivity contribution in [2.24, 2.45) is 0 Å². The Kier molecular flexibility index (Phi) is 4.16. The molecule has 0 amide bonds. The molecule has 0 radical (unpaired) electrons. The number of aromatic nitrogens is 5. The number of aromatic amines is 1. The lowest BCUT2D eigenvalue weighted by Crippen LogP contribution is -2.36. The van der Waals surface area contributed by atoms with Crippen molar-refractivity contribution in [1.29, 1.82) is 0 Å². The lowest BCUT2D eigenvalue weighted by molar-refractivity contribution is -0.0256. The SMILES string of the molecule is CC[C@H]1O[C@@H](n2ccc(=O)[nH]c2=O)[C@@H](n2cc(C(C)=O)nn2)C1O. The fourth-order valence-electron chi connectivity index (χ4n) is 2.80. The molecule has 0 bridgehead atoms. The Morgan fingerprint density at radius 2 is 2.21 bits per heavy atom. The standard InChI is InChI=1S/C14H17N5O5/c1-3-9-12(22)11(19-6-8(7(2)20)16-17-19)13(24-9)18-5-4-10(21)15-14(18)23/h4-6,9,11-13,22H,3H2,1-2H3,(H,15,21,23)/t9-,11+,12?,13-/m1/s1. The predicted molar refractivity (Wildman–Crippen MR) is 80.6 cm³/mol. The summed E-state index contributed by atoms with van der Waals surface area (Å²) in [5, 5.41) is 18.2. The van der Waals surface area contributed by atoms with Crippen molar-refractivity contribution in [2.45, 2.75) is 44.7 Å². The van der Waals surface area contributed by atoms with Gasteiger partial charge in [0.15, 0.2) is 12.0 Å². The summed E-state index contributed by atoms with van der Waals surface area (Å²) in [5.41, 5.74) is -1.04. The molecule has 1 unspecified atom stereocenters. The number of hydrogen-bond donors (Lipinski definition) is 2. The molecule has 1 aliphatic rings. The third-order valence-corrected chi connectivity index (χ3v) is 4.04. The van der Waals surface area contributed by atoms with E-state index in [1.54, 1.807) is 0 Å². The van der Waals surface area contributed by atoms with Crippen LogP contribution < -0.4 is 11.2 Å². The van der Waals surface area contributed by atoms with Crippen LogP contribution in [0.1, 0.15) is 43.0 Å². The van der Waals surface area contributed by atoms with Crippen molar-refractivity contribution >= 4 is 5.78 Å². The van der Waals surface area contributed by atoms with Crippen LogP contribution in [-0.2, 0) is 4.74 Å². The number of H-pyrrole nitrogens is 1. The van der Waals surface area contributed by atoms with E-state index in [1.807, 2.05) is 6.92 Å². The smallest absolute Gasteiger partial charge is 0.330 e. The van der Waals surface area contributed by atoms with Gasteiger partial charge in [-0.2, -0.15) is 0 Å². The molecule has 0 aliphatic carbocycles. The minimum atomic E-state index is -0.958. The second-order valence-electron chi connectivity index (χ2n) is 5.61. The van der Waals surface area contributed by atoms with Crippen LogP contribution in [0, 0.1) is 0 Å². The molecule has 3 heterocycles. The van der Waals surface area contributed by atoms with E-state index >= 15 is 0 Å². The number of nitrogens with one attached hydrogen (secondary N) is 1. The lowest BCUT2D eigenvalue weighted by Gasteiger charge is -2.21. The molecular weight excluding hydrogens is 318 g/mol. The predicted octanol–water partition coefficient (Wildman–Crippen LogP) is -0.760. The molecule has 1 aliphatic heterocycles. The fourth-order valence-corrected chi connectivity index (χ4v) is 2.80. The number of hydrogen-bond acceptors (Lipinski definition) is 7. The van der Waals surface area contributed by atoms with Crippen LogP contribution in [-0.4, -0.2) is 47.6 Å². The molecule has 2 aromatic rings. The van der Waals surface area contributed by atoms with Gasteiger partial charge in [-0.1, -0.05) is 12.1 Å². The molecule has 2 aromatic heterocycles. The van der Waals surface area contributed by atoms with E-state index in [2.05, 4.69) is 15.3 Å². The second kappa shape index (κ2) is 6.13. The Balaban J connectivity index is 2.06. The van der Waals surface area contributed by atoms with Gasteiger partial charge in [0.25, 0.3) is 5.56 Å². The van der Waals surface area contributed by atoms with Crippen molar-refractivity contribution in [3.63, 3.8) is 0 Å². The average molecular weight is 335 g/mol. The van der Waals surface area contributed by atoms with Crippen LogP contribution in [0.5, 0.6) is 0 Å². The number of carbonyl (C=O) groups is 1. The highest BCUT2D eigenvalue weighted by atomic mass is 16.5. The van der Waals surface area contributed by atoms with Crippen molar-refractivity contribution in [3.8, 4) is 0 Å². The first-order chi connectivity index (χ1) is 11.4. The summed E-state index contributed by atoms with van der Waals surface area (Å²) in [6.45, 7) is 3.19. The molecular formula is C14H17N5O5. The highest BCUT2D eigenvalue weighted by Crippen LogP contribution is 2.38. The third kappa shape index (κ3) is 2.69. The van der Waals surface area contributed by atoms with Crippen LogP contribution in [0.25, 0.3) is 0 Å². The Hall–Kier alpha value is -2.59. The van der Waals surface area contributed by atoms with E-state index in [0.29, 0.717) is 6.42 Å². The Bertz CT molecular complexity index is 869. The van der Waals surface area contributed by atoms with Crippen molar-refractivity contribution < 1.29 is 14.6 Å². The van der Waals surface area contributed by atoms with E-state index in [-0.39, 0.29) is 11.5 Å². The number of ketones is 1. The largest absolute Gasteiger partial charge is 0.388 e. The molecule has 10 nitrogen and oxygen atoms in total. The zero-order chi connectivity index (χ0) is 17.4. The third-order valence-electron chi connectivity index (χ3n) is 4.04. The molecule has 10 heteroatoms. The van der Waals surface area contributed by atoms with Gasteiger partial charge in [-0.15, -0.1) is 5.10 Å². The van der Waals surface area contributed by atoms with Gasteiger partial charge in [0.2, 0.25) is 0 Å². The number of carbonyl (C=O) groups excluding carboxylic acids is 1. The van der Waals surface area contributed by atoms with Gasteiger partial charge in [0.05, 0.1) is 12.3 Å². The summed E-state index contributed by atoms with van der Waals surface area (Å²) in [5.74, 6) is -0.264. The minimum Gasteiger partial charge on any atom is -0.388 e. The number of ether oxygens (including phenoxy) is 1. The molecule has 4 atom stereocenters. The lowest BCUT2D eigenvalue weighted by atomic mass is 10.1. The van der Waals surface area contributed by atoms with Crippen LogP contribution in [0.2, 0.25) is 0 Å². The van der Waals surface area contributed by atoms with Gasteiger partial charge in [-0.05, 0) is 6.42 Å². The van der Waals surface area contributed by atoms with Gasteiger partial charge < -0.3 is 9.84 Å². The zero-order valence-electron chi connectivity index (χ0n) is 13.1. The van der Waals surface area contributed by atoms with Crippen molar-refractivity contribution in [3.05, 3.63) is 45.0 Å². The number of Topliss-reactive ketones (excluding diaryl/α,β-unsaturated/α-hetero) is 1. The summed E-state index contributed by atoms with van der Waals surface area (Å²) < 4.78 is 8.28. The van der Waals surface area contributed by atoms with E-state index in [1.165, 1.54) is 34.6 Å². The highest BCUT2D eigenvalue weighted by molar-refractivity contribution is 5.91. The van der Waals surface area contributed by atoms with E-state index < -0.39 is 35.7 Å². The van der Waals surface area contributed by atoms with Gasteiger partial charge in [-0.3, -0.25) is 19.1 Å². The Morgan fingerprint density at radius 1 is 1.46 bits per heavy atom. The monoisotopic (exact) mass is 335 g/mol. The topological polar surface area (TPSA) is 132 Å². The second-order valence-corrected chi connectivity index (χ2v) is 5.61. The Labute approximate surface area is 135 Å². The van der Waals surface area contributed by atoms with E-state index in [0.717, 1.165) is 0 Å². The van der Waals surface area contributed by atoms with Gasteiger partial charge in [0.1, 0.15) is 17.8 Å². The molecule has 1 fully saturated rings. The Morgan fingerprint density at radius 3 is 2.79 bits per heavy atom. The van der Waals surface area contributed by atoms with E-state index in [9.17, 15) is 19.5 Å². The maximum Gasteiger partial charge on any atom is 0.330 e. The zero-order valence-corrected chi connectivity index (χ0v) is 13.1. The molecule has 2 N–H and O–H groups in total. The maximum absolute atomic E-state index is 12.1. The summed E-state index contributed by atoms with van der Waals surface area (Å²) in [6, 6.07) is 0.426. The molecule has 128 valence electrons. The first-order valence-electron chi connectivity index (χ1n) is 7.50. The summed E-state index contributed by atoms with van der Waals surface area (Å²) in [7, 11) is 0. The summed E-state index contributed by atoms with van der Waals surface area (Å²) in [6.07, 6.45) is 0.842. The van der Waals surface area contributed by atoms with Crippen LogP contribution >= 0.6 is 0 Å². The molecule has 0 spiro atoms. The quantitative estimate of drug-likeness (QED) is 0.702. The first-order valence-corrected chi connectivity index (χ1v) is 7.50. The molecule has 1 saturated heterocycles. The van der Waals surface area contributed by atoms with Crippen LogP contribution in [0.15, 0.2) is 28.0 Å². The number of rotatable bonds is 4. The molecule has 0 saturated carbocycles. The molecule has 3 rings (SSSR count). The number of aliphatic hydroxyl groups excluding tert-OH is 1. The summed E-state index contributed by atoms with van der Waals surface area (Å²) in [4.78, 5) is 36.9. The number of nitrogens with zero attached hydrogens (tertiary/aromatic N) is 4. The number of aliphatic hydroxyl groups is 1. The van der Waals surface area contributed by atoms with E-state index in [4.69, 9.17) is 4.74 Å². The normalized spacial score (nSPS) is 26.6. The summed E-state index contributed by atoms with van der Waals surface area (Å²) >= 11 is 0. The fraction of sp³-hybridized carbons (Fsp3) is 0.500. The van der Waals surface area contributed by atoms with Crippen LogP contribution in [0.4, 0.5) is 0 Å².